The Bertz CT molecular complexity index is 780. The molecule has 1 saturated heterocycles. The van der Waals surface area contributed by atoms with Crippen molar-refractivity contribution in [3.63, 3.8) is 0 Å². The van der Waals surface area contributed by atoms with Crippen molar-refractivity contribution in [3.8, 4) is 0 Å². The highest BCUT2D eigenvalue weighted by Crippen LogP contribution is 2.38. The van der Waals surface area contributed by atoms with Gasteiger partial charge in [0.05, 0.1) is 0 Å². The second-order valence-corrected chi connectivity index (χ2v) is 6.83. The number of nitrogen functional groups attached to an aromatic ring is 1. The number of nitrogens with one attached hydrogen (secondary N) is 2. The molecule has 0 bridgehead atoms. The van der Waals surface area contributed by atoms with Gasteiger partial charge in [-0.3, -0.25) is 14.5 Å². The van der Waals surface area contributed by atoms with Gasteiger partial charge < -0.3 is 16.4 Å². The van der Waals surface area contributed by atoms with E-state index in [9.17, 15) is 9.59 Å². The lowest BCUT2D eigenvalue weighted by molar-refractivity contribution is -0.121. The van der Waals surface area contributed by atoms with Crippen LogP contribution in [0.3, 0.4) is 0 Å². The Kier molecular flexibility index (Phi) is 4.92. The number of rotatable bonds is 4. The van der Waals surface area contributed by atoms with Gasteiger partial charge in [0.2, 0.25) is 6.41 Å². The van der Waals surface area contributed by atoms with Gasteiger partial charge in [-0.2, -0.15) is 0 Å². The summed E-state index contributed by atoms with van der Waals surface area (Å²) >= 11 is 0. The summed E-state index contributed by atoms with van der Waals surface area (Å²) in [4.78, 5) is 33.9. The van der Waals surface area contributed by atoms with E-state index in [1.165, 1.54) is 6.33 Å². The standard InChI is InChI=1S/C18H24N6O2/c1-12(8-13(2)22-15-9-14(19)20-10-21-15)16-17(26)23-18(24(16)11-25)6-4-3-5-7-18/h8-11H,3-7H2,1-2H3,(H,23,26)(H3,19,20,21,22)/b13-8+,16-12-. The number of amides is 2. The number of hydrogen-bond donors (Lipinski definition) is 3. The minimum Gasteiger partial charge on any atom is -0.384 e. The van der Waals surface area contributed by atoms with Crippen LogP contribution in [0.2, 0.25) is 0 Å². The Morgan fingerprint density at radius 3 is 2.69 bits per heavy atom. The zero-order chi connectivity index (χ0) is 18.7. The largest absolute Gasteiger partial charge is 0.384 e. The summed E-state index contributed by atoms with van der Waals surface area (Å²) in [5.41, 5.74) is 6.98. The number of carbonyl (C=O) groups is 2. The van der Waals surface area contributed by atoms with Crippen LogP contribution in [-0.2, 0) is 9.59 Å². The van der Waals surface area contributed by atoms with Crippen molar-refractivity contribution >= 4 is 24.0 Å². The summed E-state index contributed by atoms with van der Waals surface area (Å²) in [6.45, 7) is 3.68. The second kappa shape index (κ2) is 7.15. The lowest BCUT2D eigenvalue weighted by atomic mass is 9.88. The molecule has 1 spiro atoms. The fourth-order valence-electron chi connectivity index (χ4n) is 3.75. The van der Waals surface area contributed by atoms with Crippen LogP contribution in [-0.4, -0.2) is 32.8 Å². The minimum atomic E-state index is -0.566. The molecule has 26 heavy (non-hydrogen) atoms. The molecule has 2 amide bonds. The molecule has 1 aliphatic carbocycles. The summed E-state index contributed by atoms with van der Waals surface area (Å²) in [6.07, 6.45) is 8.68. The van der Waals surface area contributed by atoms with Gasteiger partial charge in [-0.25, -0.2) is 9.97 Å². The molecule has 0 radical (unpaired) electrons. The van der Waals surface area contributed by atoms with Crippen molar-refractivity contribution in [2.45, 2.75) is 51.6 Å². The van der Waals surface area contributed by atoms with Crippen molar-refractivity contribution in [3.05, 3.63) is 35.4 Å². The molecule has 0 unspecified atom stereocenters. The second-order valence-electron chi connectivity index (χ2n) is 6.83. The molecule has 138 valence electrons. The maximum atomic E-state index is 12.6. The zero-order valence-corrected chi connectivity index (χ0v) is 15.1. The van der Waals surface area contributed by atoms with Gasteiger partial charge in [-0.1, -0.05) is 6.42 Å². The molecule has 2 heterocycles. The molecule has 2 aliphatic rings. The third kappa shape index (κ3) is 3.40. The Morgan fingerprint density at radius 2 is 2.04 bits per heavy atom. The highest BCUT2D eigenvalue weighted by atomic mass is 16.2. The molecular formula is C18H24N6O2. The summed E-state index contributed by atoms with van der Waals surface area (Å²) in [5.74, 6) is 0.731. The number of anilines is 2. The van der Waals surface area contributed by atoms with Crippen LogP contribution in [0.1, 0.15) is 46.0 Å². The number of aromatic nitrogens is 2. The van der Waals surface area contributed by atoms with E-state index < -0.39 is 5.66 Å². The molecule has 8 heteroatoms. The van der Waals surface area contributed by atoms with Gasteiger partial charge in [-0.05, 0) is 51.2 Å². The molecule has 2 fully saturated rings. The van der Waals surface area contributed by atoms with E-state index in [0.717, 1.165) is 44.2 Å². The van der Waals surface area contributed by atoms with E-state index in [1.807, 2.05) is 19.9 Å². The number of carbonyl (C=O) groups excluding carboxylic acids is 2. The summed E-state index contributed by atoms with van der Waals surface area (Å²) in [5, 5.41) is 6.16. The first kappa shape index (κ1) is 17.9. The Hall–Kier alpha value is -2.90. The topological polar surface area (TPSA) is 113 Å². The first-order valence-electron chi connectivity index (χ1n) is 8.76. The van der Waals surface area contributed by atoms with E-state index in [-0.39, 0.29) is 5.91 Å². The number of nitrogens with two attached hydrogens (primary N) is 1. The van der Waals surface area contributed by atoms with Crippen molar-refractivity contribution in [1.82, 2.24) is 20.2 Å². The van der Waals surface area contributed by atoms with Crippen LogP contribution in [0.5, 0.6) is 0 Å². The lowest BCUT2D eigenvalue weighted by Crippen LogP contribution is -2.52. The van der Waals surface area contributed by atoms with Gasteiger partial charge in [0.25, 0.3) is 5.91 Å². The van der Waals surface area contributed by atoms with Crippen LogP contribution < -0.4 is 16.4 Å². The molecular weight excluding hydrogens is 332 g/mol. The molecule has 0 atom stereocenters. The summed E-state index contributed by atoms with van der Waals surface area (Å²) in [6, 6.07) is 1.62. The molecule has 1 saturated carbocycles. The van der Waals surface area contributed by atoms with Gasteiger partial charge in [0.15, 0.2) is 0 Å². The van der Waals surface area contributed by atoms with E-state index in [0.29, 0.717) is 22.9 Å². The maximum Gasteiger partial charge on any atom is 0.270 e. The van der Waals surface area contributed by atoms with Crippen LogP contribution in [0.25, 0.3) is 0 Å². The highest BCUT2D eigenvalue weighted by molar-refractivity contribution is 5.99. The van der Waals surface area contributed by atoms with Crippen molar-refractivity contribution in [2.75, 3.05) is 11.1 Å². The van der Waals surface area contributed by atoms with Gasteiger partial charge in [-0.15, -0.1) is 0 Å². The summed E-state index contributed by atoms with van der Waals surface area (Å²) < 4.78 is 0. The normalized spacial score (nSPS) is 21.5. The Labute approximate surface area is 152 Å². The predicted molar refractivity (Wildman–Crippen MR) is 98.4 cm³/mol. The van der Waals surface area contributed by atoms with Crippen LogP contribution in [0.15, 0.2) is 35.4 Å². The first-order chi connectivity index (χ1) is 12.4. The molecule has 3 rings (SSSR count). The van der Waals surface area contributed by atoms with Gasteiger partial charge in [0.1, 0.15) is 29.3 Å². The smallest absolute Gasteiger partial charge is 0.270 e. The molecule has 8 nitrogen and oxygen atoms in total. The lowest BCUT2D eigenvalue weighted by Gasteiger charge is -2.38. The van der Waals surface area contributed by atoms with E-state index >= 15 is 0 Å². The third-order valence-corrected chi connectivity index (χ3v) is 4.87. The SMILES string of the molecule is CC(/C=C(\C)Nc1cc(N)ncn1)=C1\C(=O)NC2(CCCCC2)N1C=O. The summed E-state index contributed by atoms with van der Waals surface area (Å²) in [7, 11) is 0. The van der Waals surface area contributed by atoms with Crippen molar-refractivity contribution in [1.29, 1.82) is 0 Å². The van der Waals surface area contributed by atoms with Crippen LogP contribution >= 0.6 is 0 Å². The average molecular weight is 356 g/mol. The fourth-order valence-corrected chi connectivity index (χ4v) is 3.75. The highest BCUT2D eigenvalue weighted by Gasteiger charge is 2.48. The van der Waals surface area contributed by atoms with Crippen molar-refractivity contribution < 1.29 is 9.59 Å². The predicted octanol–water partition coefficient (Wildman–Crippen LogP) is 1.90. The maximum absolute atomic E-state index is 12.6. The van der Waals surface area contributed by atoms with Gasteiger partial charge in [0, 0.05) is 11.8 Å². The number of nitrogens with zero attached hydrogens (tertiary/aromatic N) is 3. The monoisotopic (exact) mass is 356 g/mol. The number of allylic oxidation sites excluding steroid dienone is 3. The fraction of sp³-hybridized carbons (Fsp3) is 0.444. The zero-order valence-electron chi connectivity index (χ0n) is 15.1. The molecule has 1 aromatic rings. The first-order valence-corrected chi connectivity index (χ1v) is 8.76. The quantitative estimate of drug-likeness (QED) is 0.561. The molecule has 0 aromatic carbocycles. The molecule has 1 aliphatic heterocycles. The Balaban J connectivity index is 1.87. The van der Waals surface area contributed by atoms with Crippen LogP contribution in [0.4, 0.5) is 11.6 Å². The van der Waals surface area contributed by atoms with E-state index in [1.54, 1.807) is 11.0 Å². The molecule has 4 N–H and O–H groups in total. The van der Waals surface area contributed by atoms with E-state index in [4.69, 9.17) is 5.73 Å². The number of hydrogen-bond acceptors (Lipinski definition) is 6. The molecule has 1 aromatic heterocycles. The minimum absolute atomic E-state index is 0.202. The van der Waals surface area contributed by atoms with Crippen molar-refractivity contribution in [2.24, 2.45) is 0 Å². The van der Waals surface area contributed by atoms with Gasteiger partial charge >= 0.3 is 0 Å². The van der Waals surface area contributed by atoms with E-state index in [2.05, 4.69) is 20.6 Å². The third-order valence-electron chi connectivity index (χ3n) is 4.87. The Morgan fingerprint density at radius 1 is 1.31 bits per heavy atom. The average Bonchev–Trinajstić information content (AvgIpc) is 2.86. The van der Waals surface area contributed by atoms with Crippen LogP contribution in [0, 0.1) is 0 Å².